The van der Waals surface area contributed by atoms with E-state index in [-0.39, 0.29) is 11.8 Å². The van der Waals surface area contributed by atoms with Crippen LogP contribution in [0, 0.1) is 19.8 Å². The Bertz CT molecular complexity index is 1080. The van der Waals surface area contributed by atoms with E-state index < -0.39 is 0 Å². The van der Waals surface area contributed by atoms with Crippen LogP contribution < -0.4 is 5.32 Å². The summed E-state index contributed by atoms with van der Waals surface area (Å²) < 4.78 is 5.43. The monoisotopic (exact) mass is 458 g/mol. The fraction of sp³-hybridized carbons (Fsp3) is 0.348. The average Bonchev–Trinajstić information content (AvgIpc) is 3.19. The molecule has 6 nitrogen and oxygen atoms in total. The number of anilines is 1. The third-order valence-electron chi connectivity index (χ3n) is 5.60. The van der Waals surface area contributed by atoms with Crippen LogP contribution in [0.4, 0.5) is 5.69 Å². The van der Waals surface area contributed by atoms with E-state index in [1.54, 1.807) is 18.2 Å². The van der Waals surface area contributed by atoms with Gasteiger partial charge in [0.15, 0.2) is 0 Å². The van der Waals surface area contributed by atoms with E-state index in [2.05, 4.69) is 20.4 Å². The molecule has 162 valence electrons. The molecule has 2 aromatic carbocycles. The summed E-state index contributed by atoms with van der Waals surface area (Å²) in [7, 11) is 0. The SMILES string of the molecule is Cc1cccc(C)c1NC(=O)C1CCCN(Cc2nc(-c3ccc(Cl)cc3Cl)no2)C1. The number of likely N-dealkylation sites (tertiary alicyclic amines) is 1. The van der Waals surface area contributed by atoms with E-state index in [0.717, 1.165) is 36.2 Å². The standard InChI is InChI=1S/C23H24Cl2N4O2/c1-14-5-3-6-15(2)21(14)27-23(30)16-7-4-10-29(12-16)13-20-26-22(28-31-20)18-9-8-17(24)11-19(18)25/h3,5-6,8-9,11,16H,4,7,10,12-13H2,1-2H3,(H,27,30). The second-order valence-electron chi connectivity index (χ2n) is 7.97. The van der Waals surface area contributed by atoms with Gasteiger partial charge >= 0.3 is 0 Å². The first-order chi connectivity index (χ1) is 14.9. The van der Waals surface area contributed by atoms with Crippen molar-refractivity contribution in [3.8, 4) is 11.4 Å². The number of rotatable bonds is 5. The summed E-state index contributed by atoms with van der Waals surface area (Å²) in [5, 5.41) is 8.20. The summed E-state index contributed by atoms with van der Waals surface area (Å²) in [4.78, 5) is 19.6. The number of para-hydroxylation sites is 1. The van der Waals surface area contributed by atoms with Gasteiger partial charge in [0.1, 0.15) is 0 Å². The largest absolute Gasteiger partial charge is 0.338 e. The van der Waals surface area contributed by atoms with Crippen molar-refractivity contribution in [1.82, 2.24) is 15.0 Å². The minimum absolute atomic E-state index is 0.0567. The quantitative estimate of drug-likeness (QED) is 0.545. The maximum Gasteiger partial charge on any atom is 0.241 e. The van der Waals surface area contributed by atoms with Gasteiger partial charge in [0.25, 0.3) is 0 Å². The van der Waals surface area contributed by atoms with Gasteiger partial charge < -0.3 is 9.84 Å². The van der Waals surface area contributed by atoms with Crippen LogP contribution in [-0.4, -0.2) is 34.0 Å². The molecule has 2 heterocycles. The van der Waals surface area contributed by atoms with Crippen molar-refractivity contribution in [2.75, 3.05) is 18.4 Å². The molecule has 31 heavy (non-hydrogen) atoms. The van der Waals surface area contributed by atoms with Crippen LogP contribution in [0.25, 0.3) is 11.4 Å². The van der Waals surface area contributed by atoms with Gasteiger partial charge in [0.2, 0.25) is 17.6 Å². The number of carbonyl (C=O) groups excluding carboxylic acids is 1. The predicted molar refractivity (Wildman–Crippen MR) is 122 cm³/mol. The molecule has 0 radical (unpaired) electrons. The zero-order valence-electron chi connectivity index (χ0n) is 17.5. The summed E-state index contributed by atoms with van der Waals surface area (Å²) in [5.41, 5.74) is 3.72. The van der Waals surface area contributed by atoms with Gasteiger partial charge in [0.05, 0.1) is 17.5 Å². The molecule has 8 heteroatoms. The first-order valence-corrected chi connectivity index (χ1v) is 11.0. The van der Waals surface area contributed by atoms with Gasteiger partial charge in [-0.25, -0.2) is 0 Å². The summed E-state index contributed by atoms with van der Waals surface area (Å²) >= 11 is 12.2. The van der Waals surface area contributed by atoms with E-state index in [4.69, 9.17) is 27.7 Å². The van der Waals surface area contributed by atoms with E-state index >= 15 is 0 Å². The highest BCUT2D eigenvalue weighted by Gasteiger charge is 2.27. The highest BCUT2D eigenvalue weighted by molar-refractivity contribution is 6.36. The molecule has 0 aliphatic carbocycles. The minimum Gasteiger partial charge on any atom is -0.338 e. The van der Waals surface area contributed by atoms with Crippen LogP contribution in [0.15, 0.2) is 40.9 Å². The molecule has 3 aromatic rings. The second-order valence-corrected chi connectivity index (χ2v) is 8.81. The summed E-state index contributed by atoms with van der Waals surface area (Å²) in [5.74, 6) is 0.900. The topological polar surface area (TPSA) is 71.3 Å². The third-order valence-corrected chi connectivity index (χ3v) is 6.15. The van der Waals surface area contributed by atoms with Crippen molar-refractivity contribution in [1.29, 1.82) is 0 Å². The lowest BCUT2D eigenvalue weighted by Gasteiger charge is -2.31. The molecule has 1 amide bonds. The third kappa shape index (κ3) is 5.09. The number of piperidine rings is 1. The minimum atomic E-state index is -0.0825. The molecule has 0 saturated carbocycles. The molecule has 4 rings (SSSR count). The number of aromatic nitrogens is 2. The molecule has 0 spiro atoms. The van der Waals surface area contributed by atoms with Gasteiger partial charge in [0, 0.05) is 22.8 Å². The number of hydrogen-bond donors (Lipinski definition) is 1. The van der Waals surface area contributed by atoms with Gasteiger partial charge in [-0.05, 0) is 62.6 Å². The van der Waals surface area contributed by atoms with Crippen LogP contribution in [0.1, 0.15) is 29.9 Å². The van der Waals surface area contributed by atoms with Crippen molar-refractivity contribution in [3.05, 3.63) is 63.5 Å². The Hall–Kier alpha value is -2.41. The molecule has 1 aromatic heterocycles. The maximum atomic E-state index is 12.9. The lowest BCUT2D eigenvalue weighted by molar-refractivity contribution is -0.121. The van der Waals surface area contributed by atoms with Crippen molar-refractivity contribution < 1.29 is 9.32 Å². The number of halogens is 2. The summed E-state index contributed by atoms with van der Waals surface area (Å²) in [6, 6.07) is 11.2. The predicted octanol–water partition coefficient (Wildman–Crippen LogP) is 5.51. The molecule has 1 N–H and O–H groups in total. The lowest BCUT2D eigenvalue weighted by Crippen LogP contribution is -2.40. The van der Waals surface area contributed by atoms with Gasteiger partial charge in [-0.15, -0.1) is 0 Å². The average molecular weight is 459 g/mol. The van der Waals surface area contributed by atoms with E-state index in [9.17, 15) is 4.79 Å². The molecule has 0 bridgehead atoms. The molecule has 1 unspecified atom stereocenters. The van der Waals surface area contributed by atoms with E-state index in [0.29, 0.717) is 40.4 Å². The van der Waals surface area contributed by atoms with Gasteiger partial charge in [-0.2, -0.15) is 4.98 Å². The first-order valence-electron chi connectivity index (χ1n) is 10.3. The van der Waals surface area contributed by atoms with E-state index in [1.165, 1.54) is 0 Å². The molecule has 1 aliphatic rings. The molecule has 1 aliphatic heterocycles. The zero-order valence-corrected chi connectivity index (χ0v) is 19.0. The number of benzene rings is 2. The first kappa shape index (κ1) is 21.8. The summed E-state index contributed by atoms with van der Waals surface area (Å²) in [6.45, 7) is 6.04. The van der Waals surface area contributed by atoms with Crippen molar-refractivity contribution >= 4 is 34.8 Å². The molecular weight excluding hydrogens is 435 g/mol. The Balaban J connectivity index is 1.40. The molecule has 1 atom stereocenters. The fourth-order valence-electron chi connectivity index (χ4n) is 3.94. The zero-order chi connectivity index (χ0) is 22.0. The number of carbonyl (C=O) groups is 1. The number of aryl methyl sites for hydroxylation is 2. The number of nitrogens with zero attached hydrogens (tertiary/aromatic N) is 3. The van der Waals surface area contributed by atoms with Crippen LogP contribution in [0.2, 0.25) is 10.0 Å². The smallest absolute Gasteiger partial charge is 0.241 e. The molecule has 1 saturated heterocycles. The number of hydrogen-bond acceptors (Lipinski definition) is 5. The summed E-state index contributed by atoms with van der Waals surface area (Å²) in [6.07, 6.45) is 1.80. The number of amides is 1. The van der Waals surface area contributed by atoms with Crippen LogP contribution >= 0.6 is 23.2 Å². The van der Waals surface area contributed by atoms with Crippen LogP contribution in [-0.2, 0) is 11.3 Å². The lowest BCUT2D eigenvalue weighted by atomic mass is 9.96. The Morgan fingerprint density at radius 3 is 2.74 bits per heavy atom. The van der Waals surface area contributed by atoms with Crippen LogP contribution in [0.5, 0.6) is 0 Å². The Kier molecular flexibility index (Phi) is 6.60. The highest BCUT2D eigenvalue weighted by atomic mass is 35.5. The maximum absolute atomic E-state index is 12.9. The normalized spacial score (nSPS) is 17.0. The van der Waals surface area contributed by atoms with Crippen molar-refractivity contribution in [2.24, 2.45) is 5.92 Å². The van der Waals surface area contributed by atoms with Crippen molar-refractivity contribution in [3.63, 3.8) is 0 Å². The highest BCUT2D eigenvalue weighted by Crippen LogP contribution is 2.29. The Morgan fingerprint density at radius 1 is 1.23 bits per heavy atom. The molecule has 1 fully saturated rings. The van der Waals surface area contributed by atoms with Gasteiger partial charge in [-0.1, -0.05) is 46.6 Å². The van der Waals surface area contributed by atoms with E-state index in [1.807, 2.05) is 32.0 Å². The van der Waals surface area contributed by atoms with Crippen LogP contribution in [0.3, 0.4) is 0 Å². The number of nitrogens with one attached hydrogen (secondary N) is 1. The van der Waals surface area contributed by atoms with Gasteiger partial charge in [-0.3, -0.25) is 9.69 Å². The molecular formula is C23H24Cl2N4O2. The fourth-order valence-corrected chi connectivity index (χ4v) is 4.43. The Labute approximate surface area is 191 Å². The second kappa shape index (κ2) is 9.39. The van der Waals surface area contributed by atoms with Crippen molar-refractivity contribution in [2.45, 2.75) is 33.2 Å². The Morgan fingerprint density at radius 2 is 2.00 bits per heavy atom.